The van der Waals surface area contributed by atoms with Crippen LogP contribution in [0.25, 0.3) is 0 Å². The highest BCUT2D eigenvalue weighted by atomic mass is 32.2. The molecular weight excluding hydrogens is 414 g/mol. The topological polar surface area (TPSA) is 90.3 Å². The van der Waals surface area contributed by atoms with E-state index < -0.39 is 5.25 Å². The molecule has 0 aliphatic carbocycles. The number of ether oxygens (including phenoxy) is 2. The van der Waals surface area contributed by atoms with E-state index in [1.54, 1.807) is 7.11 Å². The van der Waals surface area contributed by atoms with Gasteiger partial charge in [-0.15, -0.1) is 10.2 Å². The standard InChI is InChI=1S/C22H25N5O3S/c1-4-30-18-11-7-16(8-12-18)19-20(31-22-25-24-14(2)27(22)26-19)21(28)23-13-15-5-9-17(29-3)10-6-15/h5-12,19-20,26H,4,13H2,1-3H3,(H,23,28)/t19-,20+/m1/s1. The van der Waals surface area contributed by atoms with Crippen molar-refractivity contribution in [3.63, 3.8) is 0 Å². The molecule has 0 spiro atoms. The van der Waals surface area contributed by atoms with Gasteiger partial charge in [0.05, 0.1) is 19.8 Å². The van der Waals surface area contributed by atoms with Gasteiger partial charge in [-0.2, -0.15) is 0 Å². The maximum Gasteiger partial charge on any atom is 0.236 e. The first kappa shape index (κ1) is 21.0. The van der Waals surface area contributed by atoms with Gasteiger partial charge in [-0.3, -0.25) is 4.79 Å². The zero-order chi connectivity index (χ0) is 21.8. The molecule has 4 rings (SSSR count). The van der Waals surface area contributed by atoms with Crippen molar-refractivity contribution in [2.45, 2.75) is 36.8 Å². The maximum absolute atomic E-state index is 13.2. The number of carbonyl (C=O) groups is 1. The third-order valence-corrected chi connectivity index (χ3v) is 6.25. The zero-order valence-electron chi connectivity index (χ0n) is 17.7. The van der Waals surface area contributed by atoms with Crippen molar-refractivity contribution >= 4 is 17.7 Å². The van der Waals surface area contributed by atoms with Gasteiger partial charge in [-0.25, -0.2) is 4.68 Å². The number of aromatic nitrogens is 3. The van der Waals surface area contributed by atoms with Crippen LogP contribution < -0.4 is 20.2 Å². The fraction of sp³-hybridized carbons (Fsp3) is 0.318. The van der Waals surface area contributed by atoms with Gasteiger partial charge in [0.15, 0.2) is 0 Å². The minimum Gasteiger partial charge on any atom is -0.497 e. The van der Waals surface area contributed by atoms with E-state index in [1.807, 2.05) is 67.1 Å². The van der Waals surface area contributed by atoms with Gasteiger partial charge < -0.3 is 20.2 Å². The van der Waals surface area contributed by atoms with E-state index in [0.717, 1.165) is 28.5 Å². The number of aryl methyl sites for hydroxylation is 1. The Morgan fingerprint density at radius 3 is 2.52 bits per heavy atom. The molecule has 1 aliphatic heterocycles. The average Bonchev–Trinajstić information content (AvgIpc) is 3.17. The third-order valence-electron chi connectivity index (χ3n) is 5.03. The van der Waals surface area contributed by atoms with Gasteiger partial charge in [0.2, 0.25) is 11.1 Å². The number of rotatable bonds is 7. The molecule has 162 valence electrons. The largest absolute Gasteiger partial charge is 0.497 e. The van der Waals surface area contributed by atoms with Crippen molar-refractivity contribution in [1.82, 2.24) is 20.2 Å². The van der Waals surface area contributed by atoms with E-state index >= 15 is 0 Å². The van der Waals surface area contributed by atoms with Gasteiger partial charge >= 0.3 is 0 Å². The molecule has 0 fully saturated rings. The quantitative estimate of drug-likeness (QED) is 0.585. The predicted molar refractivity (Wildman–Crippen MR) is 119 cm³/mol. The molecule has 0 radical (unpaired) electrons. The smallest absolute Gasteiger partial charge is 0.236 e. The minimum atomic E-state index is -0.410. The summed E-state index contributed by atoms with van der Waals surface area (Å²) in [4.78, 5) is 13.2. The van der Waals surface area contributed by atoms with Gasteiger partial charge in [-0.1, -0.05) is 36.0 Å². The number of hydrogen-bond acceptors (Lipinski definition) is 7. The molecule has 1 aliphatic rings. The Labute approximate surface area is 185 Å². The molecule has 0 saturated heterocycles. The third kappa shape index (κ3) is 4.61. The van der Waals surface area contributed by atoms with Gasteiger partial charge in [0, 0.05) is 6.54 Å². The van der Waals surface area contributed by atoms with Crippen molar-refractivity contribution in [3.05, 3.63) is 65.5 Å². The Morgan fingerprint density at radius 2 is 1.84 bits per heavy atom. The number of amides is 1. The van der Waals surface area contributed by atoms with E-state index in [4.69, 9.17) is 9.47 Å². The molecule has 1 amide bonds. The number of nitrogens with one attached hydrogen (secondary N) is 2. The van der Waals surface area contributed by atoms with Crippen molar-refractivity contribution in [1.29, 1.82) is 0 Å². The van der Waals surface area contributed by atoms with Gasteiger partial charge in [0.25, 0.3) is 0 Å². The number of hydrogen-bond donors (Lipinski definition) is 2. The zero-order valence-corrected chi connectivity index (χ0v) is 18.5. The molecule has 8 nitrogen and oxygen atoms in total. The summed E-state index contributed by atoms with van der Waals surface area (Å²) >= 11 is 1.41. The summed E-state index contributed by atoms with van der Waals surface area (Å²) in [5, 5.41) is 11.6. The lowest BCUT2D eigenvalue weighted by Crippen LogP contribution is -2.44. The Kier molecular flexibility index (Phi) is 6.31. The predicted octanol–water partition coefficient (Wildman–Crippen LogP) is 3.07. The van der Waals surface area contributed by atoms with E-state index in [2.05, 4.69) is 20.9 Å². The second-order valence-electron chi connectivity index (χ2n) is 7.08. The molecule has 2 heterocycles. The summed E-state index contributed by atoms with van der Waals surface area (Å²) < 4.78 is 12.6. The Bertz CT molecular complexity index is 1040. The molecule has 2 aromatic carbocycles. The molecule has 9 heteroatoms. The van der Waals surface area contributed by atoms with E-state index in [9.17, 15) is 4.79 Å². The van der Waals surface area contributed by atoms with Gasteiger partial charge in [-0.05, 0) is 49.2 Å². The number of benzene rings is 2. The second-order valence-corrected chi connectivity index (χ2v) is 8.19. The lowest BCUT2D eigenvalue weighted by molar-refractivity contribution is -0.121. The fourth-order valence-corrected chi connectivity index (χ4v) is 4.53. The van der Waals surface area contributed by atoms with Crippen molar-refractivity contribution in [2.24, 2.45) is 0 Å². The molecule has 0 saturated carbocycles. The summed E-state index contributed by atoms with van der Waals surface area (Å²) in [5.41, 5.74) is 5.39. The van der Waals surface area contributed by atoms with Crippen molar-refractivity contribution < 1.29 is 14.3 Å². The van der Waals surface area contributed by atoms with Crippen LogP contribution in [0.4, 0.5) is 0 Å². The van der Waals surface area contributed by atoms with Gasteiger partial charge in [0.1, 0.15) is 22.6 Å². The maximum atomic E-state index is 13.2. The Balaban J connectivity index is 1.53. The average molecular weight is 440 g/mol. The molecule has 31 heavy (non-hydrogen) atoms. The van der Waals surface area contributed by atoms with Crippen LogP contribution in [-0.2, 0) is 11.3 Å². The summed E-state index contributed by atoms with van der Waals surface area (Å²) in [6.45, 7) is 4.87. The molecule has 3 aromatic rings. The lowest BCUT2D eigenvalue weighted by Gasteiger charge is -2.32. The van der Waals surface area contributed by atoms with Crippen LogP contribution in [0.2, 0.25) is 0 Å². The van der Waals surface area contributed by atoms with Crippen LogP contribution in [0, 0.1) is 6.92 Å². The van der Waals surface area contributed by atoms with Crippen LogP contribution in [0.1, 0.15) is 29.9 Å². The van der Waals surface area contributed by atoms with Crippen LogP contribution in [0.15, 0.2) is 53.7 Å². The molecule has 2 atom stereocenters. The summed E-state index contributed by atoms with van der Waals surface area (Å²) in [7, 11) is 1.63. The second kappa shape index (κ2) is 9.30. The SMILES string of the molecule is CCOc1ccc([C@H]2Nn3c(C)nnc3S[C@@H]2C(=O)NCc2ccc(OC)cc2)cc1. The Morgan fingerprint density at radius 1 is 1.13 bits per heavy atom. The normalized spacial score (nSPS) is 17.4. The first-order valence-corrected chi connectivity index (χ1v) is 11.0. The summed E-state index contributed by atoms with van der Waals surface area (Å²) in [5.74, 6) is 2.26. The molecular formula is C22H25N5O3S. The first-order chi connectivity index (χ1) is 15.1. The number of nitrogens with zero attached hydrogens (tertiary/aromatic N) is 3. The van der Waals surface area contributed by atoms with E-state index in [1.165, 1.54) is 11.8 Å². The van der Waals surface area contributed by atoms with Crippen molar-refractivity contribution in [3.8, 4) is 11.5 Å². The summed E-state index contributed by atoms with van der Waals surface area (Å²) in [6, 6.07) is 15.2. The monoisotopic (exact) mass is 439 g/mol. The van der Waals surface area contributed by atoms with Crippen LogP contribution >= 0.6 is 11.8 Å². The molecule has 0 bridgehead atoms. The molecule has 1 aromatic heterocycles. The lowest BCUT2D eigenvalue weighted by atomic mass is 10.0. The molecule has 0 unspecified atom stereocenters. The van der Waals surface area contributed by atoms with E-state index in [-0.39, 0.29) is 11.9 Å². The highest BCUT2D eigenvalue weighted by Crippen LogP contribution is 2.37. The fourth-order valence-electron chi connectivity index (χ4n) is 3.38. The van der Waals surface area contributed by atoms with E-state index in [0.29, 0.717) is 18.3 Å². The number of methoxy groups -OCH3 is 1. The minimum absolute atomic E-state index is 0.0703. The number of fused-ring (bicyclic) bond motifs is 1. The Hall–Kier alpha value is -3.20. The van der Waals surface area contributed by atoms with Crippen LogP contribution in [0.3, 0.4) is 0 Å². The number of carbonyl (C=O) groups excluding carboxylic acids is 1. The van der Waals surface area contributed by atoms with Crippen LogP contribution in [0.5, 0.6) is 11.5 Å². The highest BCUT2D eigenvalue weighted by molar-refractivity contribution is 8.00. The first-order valence-electron chi connectivity index (χ1n) is 10.1. The van der Waals surface area contributed by atoms with Crippen molar-refractivity contribution in [2.75, 3.05) is 19.1 Å². The van der Waals surface area contributed by atoms with Crippen LogP contribution in [-0.4, -0.2) is 39.7 Å². The highest BCUT2D eigenvalue weighted by Gasteiger charge is 2.37. The molecule has 2 N–H and O–H groups in total. The summed E-state index contributed by atoms with van der Waals surface area (Å²) in [6.07, 6.45) is 0. The number of thioether (sulfide) groups is 1.